The predicted octanol–water partition coefficient (Wildman–Crippen LogP) is -5.21. The van der Waals surface area contributed by atoms with E-state index in [0.29, 0.717) is 0 Å². The average Bonchev–Trinajstić information content (AvgIpc) is 1.84. The van der Waals surface area contributed by atoms with Gasteiger partial charge in [0.25, 0.3) is 0 Å². The molecule has 0 unspecified atom stereocenters. The van der Waals surface area contributed by atoms with Crippen molar-refractivity contribution in [2.45, 2.75) is 12.2 Å². The van der Waals surface area contributed by atoms with Gasteiger partial charge in [0.2, 0.25) is 0 Å². The SMILES string of the molecule is O=C(O)[C@H](O)[C@H](O)CO.[K+]. The summed E-state index contributed by atoms with van der Waals surface area (Å²) in [6.45, 7) is -0.756. The maximum absolute atomic E-state index is 9.78. The molecule has 54 valence electrons. The fraction of sp³-hybridized carbons (Fsp3) is 0.750. The number of carboxylic acids is 1. The van der Waals surface area contributed by atoms with Gasteiger partial charge in [0, 0.05) is 0 Å². The van der Waals surface area contributed by atoms with Crippen molar-refractivity contribution in [3.8, 4) is 0 Å². The van der Waals surface area contributed by atoms with E-state index in [9.17, 15) is 4.79 Å². The van der Waals surface area contributed by atoms with E-state index in [1.54, 1.807) is 0 Å². The number of hydrogen-bond acceptors (Lipinski definition) is 4. The minimum atomic E-state index is -1.89. The Morgan fingerprint density at radius 3 is 1.90 bits per heavy atom. The van der Waals surface area contributed by atoms with Crippen LogP contribution in [0.4, 0.5) is 0 Å². The van der Waals surface area contributed by atoms with Crippen molar-refractivity contribution < 1.29 is 76.6 Å². The fourth-order valence-corrected chi connectivity index (χ4v) is 0.264. The van der Waals surface area contributed by atoms with Crippen LogP contribution in [0.25, 0.3) is 0 Å². The molecule has 0 amide bonds. The van der Waals surface area contributed by atoms with Crippen molar-refractivity contribution in [3.63, 3.8) is 0 Å². The van der Waals surface area contributed by atoms with E-state index in [0.717, 1.165) is 0 Å². The molecule has 0 aliphatic rings. The number of aliphatic hydroxyl groups is 3. The van der Waals surface area contributed by atoms with E-state index in [-0.39, 0.29) is 51.4 Å². The van der Waals surface area contributed by atoms with Crippen LogP contribution >= 0.6 is 0 Å². The molecule has 6 heteroatoms. The molecule has 10 heavy (non-hydrogen) atoms. The van der Waals surface area contributed by atoms with Crippen LogP contribution in [0.15, 0.2) is 0 Å². The molecule has 0 bridgehead atoms. The van der Waals surface area contributed by atoms with Crippen LogP contribution in [0.3, 0.4) is 0 Å². The van der Waals surface area contributed by atoms with Crippen molar-refractivity contribution in [3.05, 3.63) is 0 Å². The third-order valence-electron chi connectivity index (χ3n) is 0.805. The summed E-state index contributed by atoms with van der Waals surface area (Å²) < 4.78 is 0. The first-order valence-corrected chi connectivity index (χ1v) is 2.29. The summed E-state index contributed by atoms with van der Waals surface area (Å²) in [5.41, 5.74) is 0. The van der Waals surface area contributed by atoms with Gasteiger partial charge in [-0.3, -0.25) is 0 Å². The Balaban J connectivity index is 0. The van der Waals surface area contributed by atoms with Crippen LogP contribution in [0.5, 0.6) is 0 Å². The molecule has 0 saturated carbocycles. The van der Waals surface area contributed by atoms with Gasteiger partial charge in [-0.05, 0) is 0 Å². The molecular formula is C4H8KO5+. The first-order chi connectivity index (χ1) is 4.09. The minimum Gasteiger partial charge on any atom is -0.479 e. The number of aliphatic carboxylic acids is 1. The molecule has 0 spiro atoms. The summed E-state index contributed by atoms with van der Waals surface area (Å²) in [4.78, 5) is 9.78. The van der Waals surface area contributed by atoms with Crippen LogP contribution < -0.4 is 51.4 Å². The van der Waals surface area contributed by atoms with E-state index in [4.69, 9.17) is 20.4 Å². The zero-order valence-corrected chi connectivity index (χ0v) is 8.68. The molecule has 0 aliphatic carbocycles. The van der Waals surface area contributed by atoms with Crippen LogP contribution in [-0.2, 0) is 4.79 Å². The van der Waals surface area contributed by atoms with E-state index in [1.165, 1.54) is 0 Å². The predicted molar refractivity (Wildman–Crippen MR) is 26.7 cm³/mol. The van der Waals surface area contributed by atoms with Gasteiger partial charge in [0.15, 0.2) is 6.10 Å². The maximum atomic E-state index is 9.78. The molecule has 0 rings (SSSR count). The van der Waals surface area contributed by atoms with Crippen molar-refractivity contribution in [2.24, 2.45) is 0 Å². The molecule has 0 aliphatic heterocycles. The second-order valence-corrected chi connectivity index (χ2v) is 1.53. The van der Waals surface area contributed by atoms with Gasteiger partial charge < -0.3 is 20.4 Å². The molecule has 0 aromatic heterocycles. The Kier molecular flexibility index (Phi) is 9.07. The van der Waals surface area contributed by atoms with Crippen molar-refractivity contribution in [1.29, 1.82) is 0 Å². The van der Waals surface area contributed by atoms with Gasteiger partial charge in [-0.2, -0.15) is 0 Å². The number of hydrogen-bond donors (Lipinski definition) is 4. The summed E-state index contributed by atoms with van der Waals surface area (Å²) in [6, 6.07) is 0. The number of rotatable bonds is 3. The van der Waals surface area contributed by atoms with Gasteiger partial charge in [-0.15, -0.1) is 0 Å². The summed E-state index contributed by atoms with van der Waals surface area (Å²) >= 11 is 0. The van der Waals surface area contributed by atoms with Gasteiger partial charge in [0.05, 0.1) is 6.61 Å². The van der Waals surface area contributed by atoms with E-state index in [1.807, 2.05) is 0 Å². The largest absolute Gasteiger partial charge is 1.00 e. The van der Waals surface area contributed by atoms with Crippen LogP contribution in [-0.4, -0.2) is 45.2 Å². The van der Waals surface area contributed by atoms with Crippen LogP contribution in [0, 0.1) is 0 Å². The Morgan fingerprint density at radius 2 is 1.80 bits per heavy atom. The Labute approximate surface area is 100 Å². The zero-order chi connectivity index (χ0) is 7.44. The molecule has 4 N–H and O–H groups in total. The summed E-state index contributed by atoms with van der Waals surface area (Å²) in [6.07, 6.45) is -3.49. The van der Waals surface area contributed by atoms with Crippen molar-refractivity contribution in [1.82, 2.24) is 0 Å². The molecule has 2 atom stereocenters. The molecule has 0 fully saturated rings. The molecule has 0 radical (unpaired) electrons. The molecular weight excluding hydrogens is 167 g/mol. The van der Waals surface area contributed by atoms with E-state index < -0.39 is 24.8 Å². The Morgan fingerprint density at radius 1 is 1.40 bits per heavy atom. The maximum Gasteiger partial charge on any atom is 1.00 e. The fourth-order valence-electron chi connectivity index (χ4n) is 0.264. The average molecular weight is 175 g/mol. The normalized spacial score (nSPS) is 15.1. The first-order valence-electron chi connectivity index (χ1n) is 2.29. The summed E-state index contributed by atoms with van der Waals surface area (Å²) in [5, 5.41) is 32.8. The molecule has 0 saturated heterocycles. The number of carboxylic acid groups (broad SMARTS) is 1. The van der Waals surface area contributed by atoms with E-state index in [2.05, 4.69) is 0 Å². The van der Waals surface area contributed by atoms with E-state index >= 15 is 0 Å². The van der Waals surface area contributed by atoms with Gasteiger partial charge in [-0.25, -0.2) is 4.79 Å². The van der Waals surface area contributed by atoms with Gasteiger partial charge in [0.1, 0.15) is 6.10 Å². The van der Waals surface area contributed by atoms with Crippen molar-refractivity contribution in [2.75, 3.05) is 6.61 Å². The summed E-state index contributed by atoms with van der Waals surface area (Å²) in [5.74, 6) is -1.54. The topological polar surface area (TPSA) is 98.0 Å². The third-order valence-corrected chi connectivity index (χ3v) is 0.805. The van der Waals surface area contributed by atoms with Gasteiger partial charge >= 0.3 is 57.4 Å². The standard InChI is InChI=1S/C4H8O5.K/c5-1-2(6)3(7)4(8)9;/h2-3,5-7H,1H2,(H,8,9);/q;+1/t2-,3-;/m1./s1. The number of aliphatic hydroxyl groups excluding tert-OH is 3. The minimum absolute atomic E-state index is 0. The quantitative estimate of drug-likeness (QED) is 0.321. The van der Waals surface area contributed by atoms with Gasteiger partial charge in [-0.1, -0.05) is 0 Å². The summed E-state index contributed by atoms with van der Waals surface area (Å²) in [7, 11) is 0. The van der Waals surface area contributed by atoms with Crippen LogP contribution in [0.1, 0.15) is 0 Å². The molecule has 0 aromatic rings. The zero-order valence-electron chi connectivity index (χ0n) is 5.56. The monoisotopic (exact) mass is 175 g/mol. The Hall–Kier alpha value is 0.986. The molecule has 5 nitrogen and oxygen atoms in total. The Bertz CT molecular complexity index is 106. The second kappa shape index (κ2) is 6.68. The molecule has 0 heterocycles. The van der Waals surface area contributed by atoms with Crippen LogP contribution in [0.2, 0.25) is 0 Å². The number of carbonyl (C=O) groups is 1. The molecule has 0 aromatic carbocycles. The first kappa shape index (κ1) is 13.6. The smallest absolute Gasteiger partial charge is 0.479 e. The third kappa shape index (κ3) is 4.75. The second-order valence-electron chi connectivity index (χ2n) is 1.53. The van der Waals surface area contributed by atoms with Crippen molar-refractivity contribution >= 4 is 5.97 Å².